The largest absolute Gasteiger partial charge is 0.311 e. The van der Waals surface area contributed by atoms with E-state index in [1.807, 2.05) is 13.0 Å². The number of carbonyl (C=O) groups is 1. The van der Waals surface area contributed by atoms with Crippen molar-refractivity contribution in [3.05, 3.63) is 65.2 Å². The predicted octanol–water partition coefficient (Wildman–Crippen LogP) is 3.47. The zero-order valence-corrected chi connectivity index (χ0v) is 20.8. The molecule has 2 fully saturated rings. The van der Waals surface area contributed by atoms with Crippen LogP contribution < -0.4 is 9.62 Å². The SMILES string of the molecule is CCCS(=O)(=O)NC1CCN(c2ccc3c(c2)C(Cc2ccccc2)C(N2CCC2)CC3)C1=O. The Labute approximate surface area is 203 Å². The van der Waals surface area contributed by atoms with Gasteiger partial charge in [0.05, 0.1) is 5.75 Å². The van der Waals surface area contributed by atoms with Crippen LogP contribution in [0, 0.1) is 0 Å². The number of likely N-dealkylation sites (tertiary alicyclic amines) is 1. The Morgan fingerprint density at radius 3 is 2.53 bits per heavy atom. The summed E-state index contributed by atoms with van der Waals surface area (Å²) in [5.74, 6) is 0.298. The Hall–Kier alpha value is -2.22. The Kier molecular flexibility index (Phi) is 6.78. The van der Waals surface area contributed by atoms with Gasteiger partial charge in [-0.3, -0.25) is 9.69 Å². The van der Waals surface area contributed by atoms with Crippen molar-refractivity contribution in [3.8, 4) is 0 Å². The van der Waals surface area contributed by atoms with E-state index >= 15 is 0 Å². The number of hydrogen-bond acceptors (Lipinski definition) is 4. The average molecular weight is 482 g/mol. The van der Waals surface area contributed by atoms with Crippen LogP contribution in [0.25, 0.3) is 0 Å². The minimum Gasteiger partial charge on any atom is -0.311 e. The molecule has 7 heteroatoms. The minimum absolute atomic E-state index is 0.0503. The fourth-order valence-electron chi connectivity index (χ4n) is 5.85. The van der Waals surface area contributed by atoms with E-state index in [9.17, 15) is 13.2 Å². The Morgan fingerprint density at radius 2 is 1.82 bits per heavy atom. The number of nitrogens with zero attached hydrogens (tertiary/aromatic N) is 2. The van der Waals surface area contributed by atoms with Crippen molar-refractivity contribution < 1.29 is 13.2 Å². The van der Waals surface area contributed by atoms with Crippen LogP contribution in [0.15, 0.2) is 48.5 Å². The molecule has 0 bridgehead atoms. The van der Waals surface area contributed by atoms with Crippen molar-refractivity contribution in [2.45, 2.75) is 63.5 Å². The van der Waals surface area contributed by atoms with Gasteiger partial charge >= 0.3 is 0 Å². The van der Waals surface area contributed by atoms with E-state index in [0.29, 0.717) is 31.3 Å². The molecule has 34 heavy (non-hydrogen) atoms. The van der Waals surface area contributed by atoms with Gasteiger partial charge in [0.15, 0.2) is 0 Å². The van der Waals surface area contributed by atoms with Gasteiger partial charge in [0, 0.05) is 24.2 Å². The maximum Gasteiger partial charge on any atom is 0.245 e. The first-order chi connectivity index (χ1) is 16.4. The fourth-order valence-corrected chi connectivity index (χ4v) is 7.16. The smallest absolute Gasteiger partial charge is 0.245 e. The molecule has 0 saturated carbocycles. The third kappa shape index (κ3) is 4.79. The van der Waals surface area contributed by atoms with Crippen molar-refractivity contribution in [3.63, 3.8) is 0 Å². The van der Waals surface area contributed by atoms with Gasteiger partial charge in [-0.15, -0.1) is 0 Å². The predicted molar refractivity (Wildman–Crippen MR) is 136 cm³/mol. The van der Waals surface area contributed by atoms with Crippen molar-refractivity contribution in [2.24, 2.45) is 0 Å². The molecule has 1 N–H and O–H groups in total. The highest BCUT2D eigenvalue weighted by Crippen LogP contribution is 2.40. The molecule has 6 nitrogen and oxygen atoms in total. The monoisotopic (exact) mass is 481 g/mol. The molecular weight excluding hydrogens is 446 g/mol. The molecule has 2 aliphatic heterocycles. The lowest BCUT2D eigenvalue weighted by atomic mass is 9.74. The Morgan fingerprint density at radius 1 is 1.03 bits per heavy atom. The maximum atomic E-state index is 13.1. The zero-order valence-electron chi connectivity index (χ0n) is 19.9. The molecule has 5 rings (SSSR count). The zero-order chi connectivity index (χ0) is 23.7. The van der Waals surface area contributed by atoms with E-state index in [0.717, 1.165) is 18.5 Å². The van der Waals surface area contributed by atoms with Crippen molar-refractivity contribution in [2.75, 3.05) is 30.3 Å². The molecule has 2 heterocycles. The molecule has 2 aromatic carbocycles. The lowest BCUT2D eigenvalue weighted by Crippen LogP contribution is -2.50. The first kappa shape index (κ1) is 23.5. The molecule has 2 saturated heterocycles. The Bertz CT molecular complexity index is 1130. The summed E-state index contributed by atoms with van der Waals surface area (Å²) in [5.41, 5.74) is 4.97. The van der Waals surface area contributed by atoms with Crippen LogP contribution in [0.1, 0.15) is 55.2 Å². The van der Waals surface area contributed by atoms with Crippen LogP contribution >= 0.6 is 0 Å². The molecule has 3 aliphatic rings. The second-order valence-corrected chi connectivity index (χ2v) is 11.8. The van der Waals surface area contributed by atoms with Crippen LogP contribution in [-0.2, 0) is 27.7 Å². The molecule has 0 aromatic heterocycles. The van der Waals surface area contributed by atoms with Gasteiger partial charge in [-0.1, -0.05) is 43.3 Å². The third-order valence-electron chi connectivity index (χ3n) is 7.67. The average Bonchev–Trinajstić information content (AvgIpc) is 3.13. The lowest BCUT2D eigenvalue weighted by molar-refractivity contribution is -0.118. The van der Waals surface area contributed by atoms with Crippen LogP contribution in [0.4, 0.5) is 5.69 Å². The van der Waals surface area contributed by atoms with Crippen molar-refractivity contribution >= 4 is 21.6 Å². The van der Waals surface area contributed by atoms with Crippen LogP contribution in [0.2, 0.25) is 0 Å². The highest BCUT2D eigenvalue weighted by atomic mass is 32.2. The lowest BCUT2D eigenvalue weighted by Gasteiger charge is -2.45. The summed E-state index contributed by atoms with van der Waals surface area (Å²) in [7, 11) is -3.43. The summed E-state index contributed by atoms with van der Waals surface area (Å²) in [6.45, 7) is 4.72. The minimum atomic E-state index is -3.43. The van der Waals surface area contributed by atoms with E-state index in [1.54, 1.807) is 4.90 Å². The summed E-state index contributed by atoms with van der Waals surface area (Å²) >= 11 is 0. The Balaban J connectivity index is 1.41. The summed E-state index contributed by atoms with van der Waals surface area (Å²) in [4.78, 5) is 17.5. The maximum absolute atomic E-state index is 13.1. The number of amides is 1. The molecule has 2 aromatic rings. The van der Waals surface area contributed by atoms with Gasteiger partial charge in [0.25, 0.3) is 0 Å². The van der Waals surface area contributed by atoms with Crippen LogP contribution in [0.5, 0.6) is 0 Å². The van der Waals surface area contributed by atoms with E-state index in [1.165, 1.54) is 42.6 Å². The second-order valence-electron chi connectivity index (χ2n) is 9.94. The summed E-state index contributed by atoms with van der Waals surface area (Å²) in [6, 6.07) is 17.0. The van der Waals surface area contributed by atoms with Gasteiger partial charge < -0.3 is 4.90 Å². The number of carbonyl (C=O) groups excluding carboxylic acids is 1. The molecule has 3 atom stereocenters. The number of rotatable bonds is 8. The number of benzene rings is 2. The molecule has 3 unspecified atom stereocenters. The number of hydrogen-bond donors (Lipinski definition) is 1. The standard InChI is InChI=1S/C27H35N3O3S/c1-2-17-34(32,33)28-25-13-16-30(27(25)31)22-11-9-21-10-12-26(29-14-6-15-29)24(23(21)19-22)18-20-7-4-3-5-8-20/h3-5,7-9,11,19,24-26,28H,2,6,10,12-18H2,1H3. The highest BCUT2D eigenvalue weighted by molar-refractivity contribution is 7.89. The molecule has 0 radical (unpaired) electrons. The number of sulfonamides is 1. The fraction of sp³-hybridized carbons (Fsp3) is 0.519. The van der Waals surface area contributed by atoms with Crippen molar-refractivity contribution in [1.29, 1.82) is 0 Å². The van der Waals surface area contributed by atoms with Crippen LogP contribution in [0.3, 0.4) is 0 Å². The van der Waals surface area contributed by atoms with Gasteiger partial charge in [-0.25, -0.2) is 13.1 Å². The van der Waals surface area contributed by atoms with E-state index in [-0.39, 0.29) is 11.7 Å². The summed E-state index contributed by atoms with van der Waals surface area (Å²) in [5, 5.41) is 0. The number of aryl methyl sites for hydroxylation is 1. The second kappa shape index (κ2) is 9.80. The first-order valence-corrected chi connectivity index (χ1v) is 14.3. The van der Waals surface area contributed by atoms with Gasteiger partial charge in [-0.2, -0.15) is 0 Å². The van der Waals surface area contributed by atoms with Gasteiger partial charge in [-0.05, 0) is 80.4 Å². The third-order valence-corrected chi connectivity index (χ3v) is 9.26. The molecule has 1 aliphatic carbocycles. The van der Waals surface area contributed by atoms with Gasteiger partial charge in [0.1, 0.15) is 6.04 Å². The first-order valence-electron chi connectivity index (χ1n) is 12.7. The molecule has 1 amide bonds. The van der Waals surface area contributed by atoms with Gasteiger partial charge in [0.2, 0.25) is 15.9 Å². The quantitative estimate of drug-likeness (QED) is 0.627. The molecule has 0 spiro atoms. The summed E-state index contributed by atoms with van der Waals surface area (Å²) in [6.07, 6.45) is 5.54. The van der Waals surface area contributed by atoms with Crippen molar-refractivity contribution in [1.82, 2.24) is 9.62 Å². The topological polar surface area (TPSA) is 69.7 Å². The number of fused-ring (bicyclic) bond motifs is 1. The highest BCUT2D eigenvalue weighted by Gasteiger charge is 2.38. The summed E-state index contributed by atoms with van der Waals surface area (Å²) < 4.78 is 27.1. The number of nitrogens with one attached hydrogen (secondary N) is 1. The van der Waals surface area contributed by atoms with E-state index < -0.39 is 16.1 Å². The molecular formula is C27H35N3O3S. The van der Waals surface area contributed by atoms with E-state index in [4.69, 9.17) is 0 Å². The molecule has 182 valence electrons. The van der Waals surface area contributed by atoms with E-state index in [2.05, 4.69) is 52.1 Å². The number of anilines is 1. The normalized spacial score (nSPS) is 25.3. The van der Waals surface area contributed by atoms with Crippen LogP contribution in [-0.4, -0.2) is 56.7 Å².